The molecule has 33 heavy (non-hydrogen) atoms. The largest absolute Gasteiger partial charge is 0.299 e. The van der Waals surface area contributed by atoms with Crippen molar-refractivity contribution in [2.24, 2.45) is 17.8 Å². The van der Waals surface area contributed by atoms with Crippen molar-refractivity contribution in [3.05, 3.63) is 53.1 Å². The standard InChI is InChI=1S/C29H47N3Si/c1-20-13-26-24(21-14-22(28(2,3)4)16-23(15-21)29(5,6)7)11-10-12-25(26)27(20)33(8,9)32-18-30-17-31-19-32/h10-12,14-16,20,25-27,30-31H,13,17-19H2,1-9H3. The van der Waals surface area contributed by atoms with E-state index in [4.69, 9.17) is 0 Å². The Balaban J connectivity index is 1.71. The Morgan fingerprint density at radius 1 is 0.909 bits per heavy atom. The van der Waals surface area contributed by atoms with Gasteiger partial charge >= 0.3 is 0 Å². The molecule has 1 saturated heterocycles. The summed E-state index contributed by atoms with van der Waals surface area (Å²) in [7, 11) is -1.62. The van der Waals surface area contributed by atoms with Gasteiger partial charge in [-0.15, -0.1) is 0 Å². The molecule has 0 radical (unpaired) electrons. The summed E-state index contributed by atoms with van der Waals surface area (Å²) in [5.41, 5.74) is 7.02. The van der Waals surface area contributed by atoms with E-state index < -0.39 is 8.24 Å². The fourth-order valence-corrected chi connectivity index (χ4v) is 10.9. The minimum absolute atomic E-state index is 0.148. The van der Waals surface area contributed by atoms with Crippen LogP contribution in [-0.2, 0) is 10.8 Å². The molecule has 1 aromatic carbocycles. The minimum Gasteiger partial charge on any atom is -0.299 e. The highest BCUT2D eigenvalue weighted by Gasteiger charge is 2.52. The van der Waals surface area contributed by atoms with Gasteiger partial charge in [0.15, 0.2) is 0 Å². The van der Waals surface area contributed by atoms with Gasteiger partial charge in [0.25, 0.3) is 0 Å². The number of nitrogens with one attached hydrogen (secondary N) is 2. The number of hydrogen-bond donors (Lipinski definition) is 2. The Morgan fingerprint density at radius 2 is 1.48 bits per heavy atom. The molecule has 0 spiro atoms. The van der Waals surface area contributed by atoms with Crippen LogP contribution in [0.15, 0.2) is 36.4 Å². The summed E-state index contributed by atoms with van der Waals surface area (Å²) < 4.78 is 2.74. The van der Waals surface area contributed by atoms with Crippen LogP contribution in [0.5, 0.6) is 0 Å². The maximum Gasteiger partial charge on any atom is 0.129 e. The predicted octanol–water partition coefficient (Wildman–Crippen LogP) is 6.45. The molecule has 0 aromatic heterocycles. The molecule has 3 aliphatic rings. The number of hydrogen-bond acceptors (Lipinski definition) is 3. The third-order valence-electron chi connectivity index (χ3n) is 8.61. The van der Waals surface area contributed by atoms with Gasteiger partial charge in [-0.1, -0.05) is 98.0 Å². The number of rotatable bonds is 3. The smallest absolute Gasteiger partial charge is 0.129 e. The quantitative estimate of drug-likeness (QED) is 0.502. The summed E-state index contributed by atoms with van der Waals surface area (Å²) in [5, 5.41) is 7.09. The van der Waals surface area contributed by atoms with Gasteiger partial charge < -0.3 is 0 Å². The Labute approximate surface area is 204 Å². The van der Waals surface area contributed by atoms with Crippen LogP contribution in [-0.4, -0.2) is 32.8 Å². The van der Waals surface area contributed by atoms with Gasteiger partial charge in [-0.25, -0.2) is 0 Å². The summed E-state index contributed by atoms with van der Waals surface area (Å²) in [6.07, 6.45) is 8.67. The average molecular weight is 466 g/mol. The maximum absolute atomic E-state index is 3.55. The van der Waals surface area contributed by atoms with Gasteiger partial charge in [-0.3, -0.25) is 15.2 Å². The van der Waals surface area contributed by atoms with E-state index in [-0.39, 0.29) is 10.8 Å². The van der Waals surface area contributed by atoms with Crippen molar-refractivity contribution in [2.45, 2.75) is 84.4 Å². The maximum atomic E-state index is 3.55. The van der Waals surface area contributed by atoms with Gasteiger partial charge in [-0.05, 0) is 62.8 Å². The van der Waals surface area contributed by atoms with Gasteiger partial charge in [0.1, 0.15) is 8.24 Å². The molecule has 1 heterocycles. The highest BCUT2D eigenvalue weighted by molar-refractivity contribution is 6.76. The Kier molecular flexibility index (Phi) is 6.63. The monoisotopic (exact) mass is 465 g/mol. The van der Waals surface area contributed by atoms with E-state index in [1.807, 2.05) is 0 Å². The van der Waals surface area contributed by atoms with Crippen molar-refractivity contribution in [1.82, 2.24) is 15.2 Å². The van der Waals surface area contributed by atoms with Crippen LogP contribution in [0, 0.1) is 17.8 Å². The lowest BCUT2D eigenvalue weighted by molar-refractivity contribution is 0.280. The van der Waals surface area contributed by atoms with Crippen LogP contribution in [0.3, 0.4) is 0 Å². The second-order valence-electron chi connectivity index (χ2n) is 13.4. The topological polar surface area (TPSA) is 27.3 Å². The molecule has 2 aliphatic carbocycles. The van der Waals surface area contributed by atoms with E-state index in [1.54, 1.807) is 5.57 Å². The third-order valence-corrected chi connectivity index (χ3v) is 13.1. The van der Waals surface area contributed by atoms with Crippen molar-refractivity contribution in [3.8, 4) is 0 Å². The Hall–Kier alpha value is -1.20. The molecule has 2 fully saturated rings. The lowest BCUT2D eigenvalue weighted by atomic mass is 9.75. The molecule has 1 aliphatic heterocycles. The van der Waals surface area contributed by atoms with E-state index in [2.05, 4.69) is 113 Å². The van der Waals surface area contributed by atoms with E-state index >= 15 is 0 Å². The zero-order valence-corrected chi connectivity index (χ0v) is 23.5. The Bertz CT molecular complexity index is 893. The molecule has 0 amide bonds. The van der Waals surface area contributed by atoms with Crippen molar-refractivity contribution in [1.29, 1.82) is 0 Å². The SMILES string of the molecule is CC1CC2C(c3cc(C(C)(C)C)cc(C(C)(C)C)c3)=CC=CC2C1[Si](C)(C)N1CNCNC1. The van der Waals surface area contributed by atoms with Crippen LogP contribution in [0.4, 0.5) is 0 Å². The molecule has 182 valence electrons. The zero-order valence-electron chi connectivity index (χ0n) is 22.5. The van der Waals surface area contributed by atoms with E-state index in [1.165, 1.54) is 23.1 Å². The first-order valence-corrected chi connectivity index (χ1v) is 16.0. The number of allylic oxidation sites excluding steroid dienone is 4. The number of benzene rings is 1. The van der Waals surface area contributed by atoms with Crippen molar-refractivity contribution >= 4 is 13.8 Å². The molecule has 0 bridgehead atoms. The minimum atomic E-state index is -1.62. The van der Waals surface area contributed by atoms with Crippen molar-refractivity contribution < 1.29 is 0 Å². The second-order valence-corrected chi connectivity index (χ2v) is 18.0. The van der Waals surface area contributed by atoms with Crippen LogP contribution in [0.2, 0.25) is 18.6 Å². The molecule has 4 unspecified atom stereocenters. The van der Waals surface area contributed by atoms with E-state index in [0.717, 1.165) is 31.5 Å². The van der Waals surface area contributed by atoms with Crippen LogP contribution in [0.25, 0.3) is 5.57 Å². The third kappa shape index (κ3) is 4.82. The first-order chi connectivity index (χ1) is 15.3. The molecular weight excluding hydrogens is 418 g/mol. The average Bonchev–Trinajstić information content (AvgIpc) is 3.09. The van der Waals surface area contributed by atoms with Crippen LogP contribution >= 0.6 is 0 Å². The predicted molar refractivity (Wildman–Crippen MR) is 146 cm³/mol. The lowest BCUT2D eigenvalue weighted by Gasteiger charge is -2.47. The molecule has 4 rings (SSSR count). The summed E-state index contributed by atoms with van der Waals surface area (Å²) in [5.74, 6) is 2.04. The van der Waals surface area contributed by atoms with E-state index in [0.29, 0.717) is 11.8 Å². The van der Waals surface area contributed by atoms with Crippen molar-refractivity contribution in [3.63, 3.8) is 0 Å². The fraction of sp³-hybridized carbons (Fsp3) is 0.655. The fourth-order valence-electron chi connectivity index (χ4n) is 6.62. The van der Waals surface area contributed by atoms with Gasteiger partial charge in [0, 0.05) is 20.0 Å². The lowest BCUT2D eigenvalue weighted by Crippen LogP contribution is -2.63. The van der Waals surface area contributed by atoms with Gasteiger partial charge in [0.2, 0.25) is 0 Å². The molecule has 1 aromatic rings. The van der Waals surface area contributed by atoms with Gasteiger partial charge in [0.05, 0.1) is 0 Å². The number of nitrogens with zero attached hydrogens (tertiary/aromatic N) is 1. The molecule has 2 N–H and O–H groups in total. The van der Waals surface area contributed by atoms with E-state index in [9.17, 15) is 0 Å². The second kappa shape index (κ2) is 8.78. The molecule has 4 heteroatoms. The van der Waals surface area contributed by atoms with Crippen molar-refractivity contribution in [2.75, 3.05) is 20.0 Å². The Morgan fingerprint density at radius 3 is 2.03 bits per heavy atom. The highest BCUT2D eigenvalue weighted by Crippen LogP contribution is 2.57. The molecular formula is C29H47N3Si. The summed E-state index contributed by atoms with van der Waals surface area (Å²) in [6.45, 7) is 24.8. The zero-order chi connectivity index (χ0) is 24.2. The summed E-state index contributed by atoms with van der Waals surface area (Å²) in [4.78, 5) is 0. The molecule has 3 nitrogen and oxygen atoms in total. The summed E-state index contributed by atoms with van der Waals surface area (Å²) in [6, 6.07) is 7.44. The normalized spacial score (nSPS) is 29.2. The van der Waals surface area contributed by atoms with Gasteiger partial charge in [-0.2, -0.15) is 0 Å². The molecule has 4 atom stereocenters. The highest BCUT2D eigenvalue weighted by atomic mass is 28.3. The summed E-state index contributed by atoms with van der Waals surface area (Å²) >= 11 is 0. The molecule has 1 saturated carbocycles. The van der Waals surface area contributed by atoms with Crippen LogP contribution < -0.4 is 10.6 Å². The first-order valence-electron chi connectivity index (χ1n) is 13.0. The first kappa shape index (κ1) is 24.9. The number of fused-ring (bicyclic) bond motifs is 1. The van der Waals surface area contributed by atoms with Crippen LogP contribution in [0.1, 0.15) is 71.6 Å².